The first-order valence-electron chi connectivity index (χ1n) is 7.33. The van der Waals surface area contributed by atoms with Crippen LogP contribution in [0.5, 0.6) is 0 Å². The van der Waals surface area contributed by atoms with Crippen molar-refractivity contribution < 1.29 is 4.92 Å². The van der Waals surface area contributed by atoms with E-state index in [-0.39, 0.29) is 11.7 Å². The average Bonchev–Trinajstić information content (AvgIpc) is 2.47. The monoisotopic (exact) mass is 293 g/mol. The van der Waals surface area contributed by atoms with Crippen LogP contribution < -0.4 is 16.6 Å². The molecule has 116 valence electrons. The molecule has 4 N–H and O–H groups in total. The highest BCUT2D eigenvalue weighted by Crippen LogP contribution is 2.24. The lowest BCUT2D eigenvalue weighted by atomic mass is 10.1. The van der Waals surface area contributed by atoms with Crippen molar-refractivity contribution in [2.24, 2.45) is 5.84 Å². The average molecular weight is 293 g/mol. The van der Waals surface area contributed by atoms with Crippen LogP contribution in [-0.4, -0.2) is 35.5 Å². The molecule has 7 nitrogen and oxygen atoms in total. The van der Waals surface area contributed by atoms with Gasteiger partial charge in [0.05, 0.1) is 10.6 Å². The highest BCUT2D eigenvalue weighted by molar-refractivity contribution is 5.63. The second-order valence-electron chi connectivity index (χ2n) is 5.58. The van der Waals surface area contributed by atoms with Crippen LogP contribution in [0.3, 0.4) is 0 Å². The Labute approximate surface area is 124 Å². The number of anilines is 2. The van der Waals surface area contributed by atoms with Crippen molar-refractivity contribution in [3.8, 4) is 0 Å². The first-order chi connectivity index (χ1) is 10.1. The molecular weight excluding hydrogens is 270 g/mol. The Bertz CT molecular complexity index is 488. The summed E-state index contributed by atoms with van der Waals surface area (Å²) in [7, 11) is 0. The molecule has 1 unspecified atom stereocenters. The number of nitrogen functional groups attached to an aromatic ring is 1. The smallest absolute Gasteiger partial charge is 0.273 e. The summed E-state index contributed by atoms with van der Waals surface area (Å²) >= 11 is 0. The molecule has 1 aromatic rings. The minimum absolute atomic E-state index is 0.0260. The molecule has 1 aliphatic heterocycles. The summed E-state index contributed by atoms with van der Waals surface area (Å²) in [5.74, 6) is 5.36. The minimum atomic E-state index is -0.415. The van der Waals surface area contributed by atoms with E-state index in [9.17, 15) is 10.1 Å². The molecule has 1 fully saturated rings. The maximum atomic E-state index is 10.9. The summed E-state index contributed by atoms with van der Waals surface area (Å²) in [6.45, 7) is 5.30. The Morgan fingerprint density at radius 3 is 2.57 bits per heavy atom. The lowest BCUT2D eigenvalue weighted by Crippen LogP contribution is -2.38. The number of likely N-dealkylation sites (tertiary alicyclic amines) is 1. The summed E-state index contributed by atoms with van der Waals surface area (Å²) in [5, 5.41) is 14.2. The Morgan fingerprint density at radius 1 is 1.29 bits per heavy atom. The fourth-order valence-electron chi connectivity index (χ4n) is 2.74. The van der Waals surface area contributed by atoms with Crippen molar-refractivity contribution >= 4 is 17.1 Å². The molecule has 1 aromatic carbocycles. The molecule has 0 aromatic heterocycles. The normalized spacial score (nSPS) is 17.2. The second-order valence-corrected chi connectivity index (χ2v) is 5.58. The van der Waals surface area contributed by atoms with Crippen molar-refractivity contribution in [2.45, 2.75) is 32.2 Å². The maximum Gasteiger partial charge on any atom is 0.273 e. The number of hydrazine groups is 1. The Kier molecular flexibility index (Phi) is 5.35. The van der Waals surface area contributed by atoms with E-state index < -0.39 is 4.92 Å². The van der Waals surface area contributed by atoms with E-state index in [0.29, 0.717) is 11.4 Å². The van der Waals surface area contributed by atoms with E-state index in [1.807, 2.05) is 0 Å². The van der Waals surface area contributed by atoms with Crippen LogP contribution in [0, 0.1) is 10.1 Å². The second kappa shape index (κ2) is 7.24. The van der Waals surface area contributed by atoms with Gasteiger partial charge in [-0.2, -0.15) is 0 Å². The predicted molar refractivity (Wildman–Crippen MR) is 84.3 cm³/mol. The summed E-state index contributed by atoms with van der Waals surface area (Å²) < 4.78 is 0. The van der Waals surface area contributed by atoms with Crippen molar-refractivity contribution in [1.82, 2.24) is 4.90 Å². The molecule has 1 aliphatic rings. The summed E-state index contributed by atoms with van der Waals surface area (Å²) in [4.78, 5) is 12.9. The topological polar surface area (TPSA) is 96.5 Å². The fraction of sp³-hybridized carbons (Fsp3) is 0.571. The Hall–Kier alpha value is -1.86. The Balaban J connectivity index is 2.00. The third-order valence-electron chi connectivity index (χ3n) is 3.69. The lowest BCUT2D eigenvalue weighted by molar-refractivity contribution is -0.384. The zero-order chi connectivity index (χ0) is 15.2. The molecule has 0 aliphatic carbocycles. The van der Waals surface area contributed by atoms with Crippen LogP contribution in [-0.2, 0) is 0 Å². The number of benzene rings is 1. The molecule has 7 heteroatoms. The zero-order valence-electron chi connectivity index (χ0n) is 12.3. The van der Waals surface area contributed by atoms with E-state index in [4.69, 9.17) is 5.84 Å². The first-order valence-corrected chi connectivity index (χ1v) is 7.33. The number of nitro groups is 1. The van der Waals surface area contributed by atoms with Gasteiger partial charge < -0.3 is 15.6 Å². The number of rotatable bonds is 6. The number of nitrogens with two attached hydrogens (primary N) is 1. The minimum Gasteiger partial charge on any atom is -0.381 e. The standard InChI is InChI=1S/C14H23N5O2/c1-11(10-18-5-3-2-4-6-18)16-12-7-13(17-15)9-14(8-12)19(20)21/h7-9,11,16-17H,2-6,10,15H2,1H3. The van der Waals surface area contributed by atoms with Crippen molar-refractivity contribution in [1.29, 1.82) is 0 Å². The van der Waals surface area contributed by atoms with Gasteiger partial charge >= 0.3 is 0 Å². The molecule has 1 atom stereocenters. The fourth-order valence-corrected chi connectivity index (χ4v) is 2.74. The highest BCUT2D eigenvalue weighted by atomic mass is 16.6. The van der Waals surface area contributed by atoms with Crippen molar-refractivity contribution in [2.75, 3.05) is 30.4 Å². The van der Waals surface area contributed by atoms with Crippen molar-refractivity contribution in [3.63, 3.8) is 0 Å². The number of hydrogen-bond donors (Lipinski definition) is 3. The van der Waals surface area contributed by atoms with E-state index in [2.05, 4.69) is 22.6 Å². The predicted octanol–water partition coefficient (Wildman–Crippen LogP) is 2.17. The number of hydrogen-bond acceptors (Lipinski definition) is 6. The van der Waals surface area contributed by atoms with Crippen LogP contribution in [0.15, 0.2) is 18.2 Å². The number of nitrogens with zero attached hydrogens (tertiary/aromatic N) is 2. The summed E-state index contributed by atoms with van der Waals surface area (Å²) in [5.41, 5.74) is 3.72. The van der Waals surface area contributed by atoms with Crippen LogP contribution >= 0.6 is 0 Å². The van der Waals surface area contributed by atoms with Gasteiger partial charge in [-0.15, -0.1) is 0 Å². The van der Waals surface area contributed by atoms with Gasteiger partial charge in [-0.05, 0) is 38.9 Å². The van der Waals surface area contributed by atoms with Gasteiger partial charge in [-0.3, -0.25) is 16.0 Å². The molecule has 0 amide bonds. The third kappa shape index (κ3) is 4.57. The quantitative estimate of drug-likeness (QED) is 0.422. The molecule has 0 saturated carbocycles. The van der Waals surface area contributed by atoms with Crippen LogP contribution in [0.2, 0.25) is 0 Å². The van der Waals surface area contributed by atoms with Gasteiger partial charge in [-0.25, -0.2) is 0 Å². The van der Waals surface area contributed by atoms with Crippen LogP contribution in [0.4, 0.5) is 17.1 Å². The molecule has 2 rings (SSSR count). The molecule has 1 heterocycles. The molecular formula is C14H23N5O2. The van der Waals surface area contributed by atoms with Crippen molar-refractivity contribution in [3.05, 3.63) is 28.3 Å². The molecule has 0 spiro atoms. The first kappa shape index (κ1) is 15.5. The number of nitrogens with one attached hydrogen (secondary N) is 2. The maximum absolute atomic E-state index is 10.9. The van der Waals surface area contributed by atoms with Gasteiger partial charge in [0.15, 0.2) is 0 Å². The number of non-ortho nitro benzene ring substituents is 1. The van der Waals surface area contributed by atoms with E-state index >= 15 is 0 Å². The van der Waals surface area contributed by atoms with Gasteiger partial charge in [0.1, 0.15) is 0 Å². The van der Waals surface area contributed by atoms with Gasteiger partial charge in [0.25, 0.3) is 5.69 Å². The van der Waals surface area contributed by atoms with Gasteiger partial charge in [-0.1, -0.05) is 6.42 Å². The van der Waals surface area contributed by atoms with Crippen LogP contribution in [0.1, 0.15) is 26.2 Å². The SMILES string of the molecule is CC(CN1CCCCC1)Nc1cc(NN)cc([N+](=O)[O-])c1. The van der Waals surface area contributed by atoms with Gasteiger partial charge in [0, 0.05) is 30.4 Å². The number of piperidine rings is 1. The molecule has 21 heavy (non-hydrogen) atoms. The lowest BCUT2D eigenvalue weighted by Gasteiger charge is -2.29. The van der Waals surface area contributed by atoms with Gasteiger partial charge in [0.2, 0.25) is 0 Å². The van der Waals surface area contributed by atoms with E-state index in [1.54, 1.807) is 6.07 Å². The molecule has 1 saturated heterocycles. The Morgan fingerprint density at radius 2 is 1.95 bits per heavy atom. The zero-order valence-corrected chi connectivity index (χ0v) is 12.3. The third-order valence-corrected chi connectivity index (χ3v) is 3.69. The number of nitro benzene ring substituents is 1. The summed E-state index contributed by atoms with van der Waals surface area (Å²) in [6.07, 6.45) is 3.82. The van der Waals surface area contributed by atoms with E-state index in [1.165, 1.54) is 31.4 Å². The molecule has 0 bridgehead atoms. The van der Waals surface area contributed by atoms with E-state index in [0.717, 1.165) is 19.6 Å². The molecule has 0 radical (unpaired) electrons. The van der Waals surface area contributed by atoms with Crippen LogP contribution in [0.25, 0.3) is 0 Å². The highest BCUT2D eigenvalue weighted by Gasteiger charge is 2.15. The largest absolute Gasteiger partial charge is 0.381 e. The summed E-state index contributed by atoms with van der Waals surface area (Å²) in [6, 6.07) is 4.95.